The van der Waals surface area contributed by atoms with Crippen LogP contribution in [0.25, 0.3) is 0 Å². The van der Waals surface area contributed by atoms with Crippen molar-refractivity contribution in [1.82, 2.24) is 4.90 Å². The van der Waals surface area contributed by atoms with Crippen LogP contribution >= 0.6 is 11.8 Å². The Morgan fingerprint density at radius 2 is 2.11 bits per heavy atom. The van der Waals surface area contributed by atoms with E-state index in [2.05, 4.69) is 31.2 Å². The van der Waals surface area contributed by atoms with E-state index in [1.165, 1.54) is 12.2 Å². The summed E-state index contributed by atoms with van der Waals surface area (Å²) in [7, 11) is 2.13. The van der Waals surface area contributed by atoms with Crippen LogP contribution < -0.4 is 5.73 Å². The summed E-state index contributed by atoms with van der Waals surface area (Å²) in [6.07, 6.45) is 3.32. The predicted molar refractivity (Wildman–Crippen MR) is 81.4 cm³/mol. The normalized spacial score (nSPS) is 12.7. The number of amidine groups is 1. The third kappa shape index (κ3) is 4.35. The SMILES string of the molecule is CSCCC(C)N(C)Cc1ccccc1C(=N)N. The van der Waals surface area contributed by atoms with E-state index in [1.807, 2.05) is 30.0 Å². The molecule has 0 fully saturated rings. The summed E-state index contributed by atoms with van der Waals surface area (Å²) in [5.41, 5.74) is 7.58. The Balaban J connectivity index is 2.69. The topological polar surface area (TPSA) is 53.1 Å². The molecule has 1 atom stereocenters. The van der Waals surface area contributed by atoms with Gasteiger partial charge in [0.05, 0.1) is 0 Å². The van der Waals surface area contributed by atoms with E-state index in [-0.39, 0.29) is 5.84 Å². The van der Waals surface area contributed by atoms with Gasteiger partial charge in [-0.15, -0.1) is 0 Å². The van der Waals surface area contributed by atoms with Gasteiger partial charge >= 0.3 is 0 Å². The highest BCUT2D eigenvalue weighted by Gasteiger charge is 2.12. The van der Waals surface area contributed by atoms with E-state index in [1.54, 1.807) is 0 Å². The fourth-order valence-corrected chi connectivity index (χ4v) is 2.43. The lowest BCUT2D eigenvalue weighted by molar-refractivity contribution is 0.245. The zero-order chi connectivity index (χ0) is 13.5. The molecule has 3 nitrogen and oxygen atoms in total. The van der Waals surface area contributed by atoms with Crippen molar-refractivity contribution in [3.63, 3.8) is 0 Å². The van der Waals surface area contributed by atoms with Gasteiger partial charge in [0.2, 0.25) is 0 Å². The summed E-state index contributed by atoms with van der Waals surface area (Å²) >= 11 is 1.88. The maximum atomic E-state index is 7.59. The molecule has 1 rings (SSSR count). The molecule has 0 aliphatic carbocycles. The van der Waals surface area contributed by atoms with Crippen LogP contribution in [0.2, 0.25) is 0 Å². The molecule has 18 heavy (non-hydrogen) atoms. The highest BCUT2D eigenvalue weighted by molar-refractivity contribution is 7.98. The lowest BCUT2D eigenvalue weighted by Gasteiger charge is -2.25. The van der Waals surface area contributed by atoms with Crippen molar-refractivity contribution in [3.8, 4) is 0 Å². The van der Waals surface area contributed by atoms with Crippen LogP contribution in [0.5, 0.6) is 0 Å². The van der Waals surface area contributed by atoms with Crippen molar-refractivity contribution in [2.75, 3.05) is 19.1 Å². The van der Waals surface area contributed by atoms with Gasteiger partial charge in [0, 0.05) is 18.2 Å². The standard InChI is InChI=1S/C14H23N3S/c1-11(8-9-18-3)17(2)10-12-6-4-5-7-13(12)14(15)16/h4-7,11H,8-10H2,1-3H3,(H3,15,16). The summed E-state index contributed by atoms with van der Waals surface area (Å²) < 4.78 is 0. The van der Waals surface area contributed by atoms with E-state index >= 15 is 0 Å². The number of thioether (sulfide) groups is 1. The van der Waals surface area contributed by atoms with Gasteiger partial charge in [0.1, 0.15) is 5.84 Å². The molecule has 4 heteroatoms. The minimum atomic E-state index is 0.149. The molecule has 0 aromatic heterocycles. The van der Waals surface area contributed by atoms with Crippen molar-refractivity contribution in [1.29, 1.82) is 5.41 Å². The zero-order valence-corrected chi connectivity index (χ0v) is 12.3. The van der Waals surface area contributed by atoms with Crippen LogP contribution in [0, 0.1) is 5.41 Å². The molecule has 0 radical (unpaired) electrons. The molecule has 0 aliphatic rings. The Kier molecular flexibility index (Phi) is 6.22. The maximum Gasteiger partial charge on any atom is 0.123 e. The summed E-state index contributed by atoms with van der Waals surface area (Å²) in [5.74, 6) is 1.33. The van der Waals surface area contributed by atoms with Gasteiger partial charge in [-0.3, -0.25) is 10.3 Å². The number of nitrogen functional groups attached to an aromatic ring is 1. The van der Waals surface area contributed by atoms with Crippen molar-refractivity contribution in [2.45, 2.75) is 25.9 Å². The molecule has 0 amide bonds. The van der Waals surface area contributed by atoms with Crippen LogP contribution in [0.15, 0.2) is 24.3 Å². The Bertz CT molecular complexity index is 392. The second kappa shape index (κ2) is 7.44. The van der Waals surface area contributed by atoms with Crippen molar-refractivity contribution in [2.24, 2.45) is 5.73 Å². The van der Waals surface area contributed by atoms with Crippen molar-refractivity contribution in [3.05, 3.63) is 35.4 Å². The van der Waals surface area contributed by atoms with Gasteiger partial charge in [-0.1, -0.05) is 24.3 Å². The molecule has 0 aliphatic heterocycles. The van der Waals surface area contributed by atoms with Gasteiger partial charge < -0.3 is 5.73 Å². The maximum absolute atomic E-state index is 7.59. The fourth-order valence-electron chi connectivity index (χ4n) is 1.85. The van der Waals surface area contributed by atoms with Crippen molar-refractivity contribution >= 4 is 17.6 Å². The third-order valence-electron chi connectivity index (χ3n) is 3.22. The van der Waals surface area contributed by atoms with E-state index in [9.17, 15) is 0 Å². The second-order valence-corrected chi connectivity index (χ2v) is 5.60. The average molecular weight is 265 g/mol. The third-order valence-corrected chi connectivity index (χ3v) is 3.86. The molecule has 1 unspecified atom stereocenters. The van der Waals surface area contributed by atoms with Crippen LogP contribution in [-0.2, 0) is 6.54 Å². The smallest absolute Gasteiger partial charge is 0.123 e. The Morgan fingerprint density at radius 1 is 1.44 bits per heavy atom. The second-order valence-electron chi connectivity index (χ2n) is 4.62. The Hall–Kier alpha value is -1.00. The van der Waals surface area contributed by atoms with E-state index in [4.69, 9.17) is 11.1 Å². The van der Waals surface area contributed by atoms with Crippen LogP contribution in [0.1, 0.15) is 24.5 Å². The Morgan fingerprint density at radius 3 is 2.72 bits per heavy atom. The molecule has 0 heterocycles. The van der Waals surface area contributed by atoms with Gasteiger partial charge in [0.25, 0.3) is 0 Å². The number of benzene rings is 1. The summed E-state index contributed by atoms with van der Waals surface area (Å²) in [5, 5.41) is 7.59. The minimum absolute atomic E-state index is 0.149. The predicted octanol–water partition coefficient (Wildman–Crippen LogP) is 2.54. The Labute approximate surface area is 114 Å². The van der Waals surface area contributed by atoms with Gasteiger partial charge in [0.15, 0.2) is 0 Å². The first-order chi connectivity index (χ1) is 8.56. The lowest BCUT2D eigenvalue weighted by atomic mass is 10.1. The summed E-state index contributed by atoms with van der Waals surface area (Å²) in [6, 6.07) is 8.43. The van der Waals surface area contributed by atoms with E-state index in [0.29, 0.717) is 6.04 Å². The van der Waals surface area contributed by atoms with Gasteiger partial charge in [-0.2, -0.15) is 11.8 Å². The number of nitrogens with one attached hydrogen (secondary N) is 1. The molecule has 100 valence electrons. The largest absolute Gasteiger partial charge is 0.384 e. The van der Waals surface area contributed by atoms with Gasteiger partial charge in [-0.05, 0) is 38.0 Å². The molecular weight excluding hydrogens is 242 g/mol. The quantitative estimate of drug-likeness (QED) is 0.588. The molecule has 3 N–H and O–H groups in total. The number of hydrogen-bond donors (Lipinski definition) is 2. The molecule has 0 bridgehead atoms. The lowest BCUT2D eigenvalue weighted by Crippen LogP contribution is -2.30. The average Bonchev–Trinajstić information content (AvgIpc) is 2.36. The molecule has 1 aromatic carbocycles. The van der Waals surface area contributed by atoms with Crippen LogP contribution in [0.4, 0.5) is 0 Å². The van der Waals surface area contributed by atoms with Crippen LogP contribution in [0.3, 0.4) is 0 Å². The van der Waals surface area contributed by atoms with Crippen LogP contribution in [-0.4, -0.2) is 35.8 Å². The summed E-state index contributed by atoms with van der Waals surface area (Å²) in [6.45, 7) is 3.08. The van der Waals surface area contributed by atoms with Crippen molar-refractivity contribution < 1.29 is 0 Å². The van der Waals surface area contributed by atoms with Gasteiger partial charge in [-0.25, -0.2) is 0 Å². The van der Waals surface area contributed by atoms with E-state index in [0.717, 1.165) is 17.7 Å². The first kappa shape index (κ1) is 15.1. The first-order valence-corrected chi connectivity index (χ1v) is 7.57. The monoisotopic (exact) mass is 265 g/mol. The first-order valence-electron chi connectivity index (χ1n) is 6.17. The zero-order valence-electron chi connectivity index (χ0n) is 11.4. The van der Waals surface area contributed by atoms with E-state index < -0.39 is 0 Å². The highest BCUT2D eigenvalue weighted by Crippen LogP contribution is 2.14. The number of nitrogens with zero attached hydrogens (tertiary/aromatic N) is 1. The molecular formula is C14H23N3S. The highest BCUT2D eigenvalue weighted by atomic mass is 32.2. The number of nitrogens with two attached hydrogens (primary N) is 1. The fraction of sp³-hybridized carbons (Fsp3) is 0.500. The molecule has 1 aromatic rings. The molecule has 0 saturated heterocycles. The number of hydrogen-bond acceptors (Lipinski definition) is 3. The summed E-state index contributed by atoms with van der Waals surface area (Å²) in [4.78, 5) is 2.32. The molecule has 0 saturated carbocycles. The number of rotatable bonds is 7. The minimum Gasteiger partial charge on any atom is -0.384 e. The molecule has 0 spiro atoms.